The van der Waals surface area contributed by atoms with Crippen molar-refractivity contribution >= 4 is 23.6 Å². The van der Waals surface area contributed by atoms with E-state index in [1.54, 1.807) is 12.1 Å². The van der Waals surface area contributed by atoms with Crippen LogP contribution in [0, 0.1) is 0 Å². The fourth-order valence-electron chi connectivity index (χ4n) is 2.18. The molecule has 0 saturated carbocycles. The van der Waals surface area contributed by atoms with Gasteiger partial charge >= 0.3 is 0 Å². The molecule has 1 atom stereocenters. The number of carbonyl (C=O) groups is 4. The van der Waals surface area contributed by atoms with E-state index in [2.05, 4.69) is 10.6 Å². The molecular formula is C12H9N3O4. The van der Waals surface area contributed by atoms with Gasteiger partial charge in [-0.3, -0.25) is 29.8 Å². The number of hydrogen-bond donors (Lipinski definition) is 2. The van der Waals surface area contributed by atoms with Crippen molar-refractivity contribution in [1.82, 2.24) is 15.5 Å². The Morgan fingerprint density at radius 3 is 2.11 bits per heavy atom. The third-order valence-electron chi connectivity index (χ3n) is 3.05. The first kappa shape index (κ1) is 11.5. The minimum absolute atomic E-state index is 0.121. The first-order valence-corrected chi connectivity index (χ1v) is 5.63. The Bertz CT molecular complexity index is 590. The Morgan fingerprint density at radius 1 is 1.00 bits per heavy atom. The van der Waals surface area contributed by atoms with Crippen LogP contribution in [0.25, 0.3) is 0 Å². The van der Waals surface area contributed by atoms with Crippen molar-refractivity contribution in [2.24, 2.45) is 0 Å². The predicted octanol–water partition coefficient (Wildman–Crippen LogP) is -1.15. The molecule has 96 valence electrons. The smallest absolute Gasteiger partial charge is 0.264 e. The maximum atomic E-state index is 12.1. The summed E-state index contributed by atoms with van der Waals surface area (Å²) >= 11 is 0. The van der Waals surface area contributed by atoms with Crippen LogP contribution in [0.5, 0.6) is 0 Å². The molecule has 1 unspecified atom stereocenters. The monoisotopic (exact) mass is 259 g/mol. The van der Waals surface area contributed by atoms with Crippen LogP contribution in [-0.4, -0.2) is 41.2 Å². The standard InChI is InChI=1S/C12H9N3O4/c16-8-5-13-9(10(17)14-8)15-11(18)6-3-1-2-4-7(6)12(15)19/h1-4,9,13H,5H2,(H,14,16,17). The summed E-state index contributed by atoms with van der Waals surface area (Å²) in [5, 5.41) is 4.67. The lowest BCUT2D eigenvalue weighted by atomic mass is 10.1. The lowest BCUT2D eigenvalue weighted by molar-refractivity contribution is -0.136. The van der Waals surface area contributed by atoms with Gasteiger partial charge in [-0.15, -0.1) is 0 Å². The molecule has 0 aliphatic carbocycles. The minimum Gasteiger partial charge on any atom is -0.292 e. The number of amides is 4. The highest BCUT2D eigenvalue weighted by atomic mass is 16.2. The van der Waals surface area contributed by atoms with Crippen LogP contribution >= 0.6 is 0 Å². The van der Waals surface area contributed by atoms with E-state index < -0.39 is 29.8 Å². The minimum atomic E-state index is -1.15. The third kappa shape index (κ3) is 1.63. The predicted molar refractivity (Wildman–Crippen MR) is 61.9 cm³/mol. The van der Waals surface area contributed by atoms with Gasteiger partial charge in [-0.05, 0) is 12.1 Å². The number of rotatable bonds is 1. The topological polar surface area (TPSA) is 95.6 Å². The molecule has 7 nitrogen and oxygen atoms in total. The Morgan fingerprint density at radius 2 is 1.58 bits per heavy atom. The zero-order valence-corrected chi connectivity index (χ0v) is 9.67. The molecule has 0 spiro atoms. The van der Waals surface area contributed by atoms with Gasteiger partial charge in [-0.25, -0.2) is 4.90 Å². The van der Waals surface area contributed by atoms with Crippen LogP contribution in [0.2, 0.25) is 0 Å². The van der Waals surface area contributed by atoms with Crippen molar-refractivity contribution in [3.8, 4) is 0 Å². The second-order valence-corrected chi connectivity index (χ2v) is 4.22. The van der Waals surface area contributed by atoms with Gasteiger partial charge in [0.1, 0.15) is 0 Å². The lowest BCUT2D eigenvalue weighted by Crippen LogP contribution is -2.64. The molecule has 4 amide bonds. The lowest BCUT2D eigenvalue weighted by Gasteiger charge is -2.28. The summed E-state index contributed by atoms with van der Waals surface area (Å²) in [5.74, 6) is -2.27. The molecule has 0 bridgehead atoms. The quantitative estimate of drug-likeness (QED) is 0.621. The summed E-state index contributed by atoms with van der Waals surface area (Å²) in [6.07, 6.45) is -1.15. The first-order valence-electron chi connectivity index (χ1n) is 5.63. The van der Waals surface area contributed by atoms with E-state index >= 15 is 0 Å². The van der Waals surface area contributed by atoms with Crippen LogP contribution in [-0.2, 0) is 9.59 Å². The molecule has 3 rings (SSSR count). The Kier molecular flexibility index (Phi) is 2.42. The first-order chi connectivity index (χ1) is 9.09. The molecule has 0 radical (unpaired) electrons. The van der Waals surface area contributed by atoms with Crippen LogP contribution in [0.3, 0.4) is 0 Å². The van der Waals surface area contributed by atoms with Gasteiger partial charge in [-0.2, -0.15) is 0 Å². The van der Waals surface area contributed by atoms with Gasteiger partial charge in [0.15, 0.2) is 6.17 Å². The van der Waals surface area contributed by atoms with Gasteiger partial charge in [0.2, 0.25) is 5.91 Å². The van der Waals surface area contributed by atoms with Gasteiger partial charge in [0.05, 0.1) is 17.7 Å². The van der Waals surface area contributed by atoms with E-state index in [1.165, 1.54) is 12.1 Å². The molecular weight excluding hydrogens is 250 g/mol. The average Bonchev–Trinajstić information content (AvgIpc) is 2.64. The highest BCUT2D eigenvalue weighted by molar-refractivity contribution is 6.23. The van der Waals surface area contributed by atoms with Gasteiger partial charge in [0, 0.05) is 0 Å². The molecule has 19 heavy (non-hydrogen) atoms. The second kappa shape index (κ2) is 3.99. The van der Waals surface area contributed by atoms with Gasteiger partial charge in [-0.1, -0.05) is 12.1 Å². The van der Waals surface area contributed by atoms with Crippen molar-refractivity contribution < 1.29 is 19.2 Å². The highest BCUT2D eigenvalue weighted by Crippen LogP contribution is 2.24. The number of fused-ring (bicyclic) bond motifs is 1. The van der Waals surface area contributed by atoms with Crippen LogP contribution in [0.15, 0.2) is 24.3 Å². The summed E-state index contributed by atoms with van der Waals surface area (Å²) < 4.78 is 0. The van der Waals surface area contributed by atoms with E-state index in [9.17, 15) is 19.2 Å². The summed E-state index contributed by atoms with van der Waals surface area (Å²) in [6.45, 7) is -0.121. The Balaban J connectivity index is 1.96. The number of hydrogen-bond acceptors (Lipinski definition) is 5. The zero-order chi connectivity index (χ0) is 13.6. The Hall–Kier alpha value is -2.54. The van der Waals surface area contributed by atoms with Crippen LogP contribution < -0.4 is 10.6 Å². The molecule has 2 heterocycles. The number of imide groups is 2. The van der Waals surface area contributed by atoms with Crippen molar-refractivity contribution in [2.45, 2.75) is 6.17 Å². The molecule has 1 fully saturated rings. The number of piperazine rings is 1. The second-order valence-electron chi connectivity index (χ2n) is 4.22. The fourth-order valence-corrected chi connectivity index (χ4v) is 2.18. The van der Waals surface area contributed by atoms with E-state index in [4.69, 9.17) is 0 Å². The molecule has 2 aliphatic heterocycles. The van der Waals surface area contributed by atoms with Crippen molar-refractivity contribution in [1.29, 1.82) is 0 Å². The SMILES string of the molecule is O=C1CNC(N2C(=O)c3ccccc3C2=O)C(=O)N1. The molecule has 7 heteroatoms. The number of nitrogens with zero attached hydrogens (tertiary/aromatic N) is 1. The molecule has 2 N–H and O–H groups in total. The molecule has 1 saturated heterocycles. The average molecular weight is 259 g/mol. The van der Waals surface area contributed by atoms with Crippen molar-refractivity contribution in [2.75, 3.05) is 6.54 Å². The number of benzene rings is 1. The van der Waals surface area contributed by atoms with Crippen LogP contribution in [0.1, 0.15) is 20.7 Å². The normalized spacial score (nSPS) is 22.5. The zero-order valence-electron chi connectivity index (χ0n) is 9.67. The van der Waals surface area contributed by atoms with Crippen LogP contribution in [0.4, 0.5) is 0 Å². The molecule has 0 aromatic heterocycles. The fraction of sp³-hybridized carbons (Fsp3) is 0.167. The maximum Gasteiger partial charge on any atom is 0.264 e. The van der Waals surface area contributed by atoms with E-state index in [1.807, 2.05) is 0 Å². The summed E-state index contributed by atoms with van der Waals surface area (Å²) in [4.78, 5) is 47.8. The largest absolute Gasteiger partial charge is 0.292 e. The van der Waals surface area contributed by atoms with Gasteiger partial charge in [0.25, 0.3) is 17.7 Å². The Labute approximate surface area is 107 Å². The molecule has 1 aromatic rings. The molecule has 2 aliphatic rings. The maximum absolute atomic E-state index is 12.1. The summed E-state index contributed by atoms with van der Waals surface area (Å²) in [5.41, 5.74) is 0.526. The number of nitrogens with one attached hydrogen (secondary N) is 2. The third-order valence-corrected chi connectivity index (χ3v) is 3.05. The van der Waals surface area contributed by atoms with Crippen molar-refractivity contribution in [3.05, 3.63) is 35.4 Å². The van der Waals surface area contributed by atoms with E-state index in [-0.39, 0.29) is 17.7 Å². The highest BCUT2D eigenvalue weighted by Gasteiger charge is 2.44. The summed E-state index contributed by atoms with van der Waals surface area (Å²) in [6, 6.07) is 6.35. The van der Waals surface area contributed by atoms with Crippen molar-refractivity contribution in [3.63, 3.8) is 0 Å². The van der Waals surface area contributed by atoms with Gasteiger partial charge < -0.3 is 0 Å². The van der Waals surface area contributed by atoms with E-state index in [0.29, 0.717) is 0 Å². The van der Waals surface area contributed by atoms with E-state index in [0.717, 1.165) is 4.90 Å². The summed E-state index contributed by atoms with van der Waals surface area (Å²) in [7, 11) is 0. The molecule has 1 aromatic carbocycles. The number of carbonyl (C=O) groups excluding carboxylic acids is 4.